The molecule has 0 fully saturated rings. The first-order valence-electron chi connectivity index (χ1n) is 8.66. The first kappa shape index (κ1) is 17.4. The van der Waals surface area contributed by atoms with Gasteiger partial charge in [-0.05, 0) is 35.8 Å². The van der Waals surface area contributed by atoms with Gasteiger partial charge in [0.15, 0.2) is 0 Å². The van der Waals surface area contributed by atoms with Gasteiger partial charge in [0.25, 0.3) is 5.56 Å². The molecular weight excluding hydrogens is 362 g/mol. The molecule has 0 N–H and O–H groups in total. The molecule has 1 aliphatic rings. The summed E-state index contributed by atoms with van der Waals surface area (Å²) in [7, 11) is 1.74. The van der Waals surface area contributed by atoms with Gasteiger partial charge in [-0.15, -0.1) is 0 Å². The molecule has 7 heteroatoms. The lowest BCUT2D eigenvalue weighted by molar-refractivity contribution is 0.726. The molecule has 0 aliphatic carbocycles. The molecule has 0 atom stereocenters. The standard InChI is InChI=1S/C20H18ClN5O/c1-25-19(27)11-18(17-7-8-22-13-23-17)24-20(25)26-9-3-5-15(12-26)14-4-2-6-16(21)10-14/h2,4-8,10-11,13H,3,9,12H2,1H3. The van der Waals surface area contributed by atoms with Crippen molar-refractivity contribution in [3.05, 3.63) is 75.9 Å². The van der Waals surface area contributed by atoms with E-state index < -0.39 is 0 Å². The van der Waals surface area contributed by atoms with Crippen LogP contribution in [0.25, 0.3) is 17.0 Å². The van der Waals surface area contributed by atoms with E-state index in [9.17, 15) is 4.79 Å². The average molecular weight is 380 g/mol. The highest BCUT2D eigenvalue weighted by atomic mass is 35.5. The Morgan fingerprint density at radius 2 is 2.04 bits per heavy atom. The summed E-state index contributed by atoms with van der Waals surface area (Å²) in [6, 6.07) is 11.1. The molecule has 6 nitrogen and oxygen atoms in total. The van der Waals surface area contributed by atoms with Gasteiger partial charge in [0, 0.05) is 37.4 Å². The van der Waals surface area contributed by atoms with Gasteiger partial charge in [0.1, 0.15) is 6.33 Å². The van der Waals surface area contributed by atoms with Crippen molar-refractivity contribution in [2.75, 3.05) is 18.0 Å². The minimum Gasteiger partial charge on any atom is -0.338 e. The molecule has 0 bridgehead atoms. The topological polar surface area (TPSA) is 63.9 Å². The molecule has 1 aromatic carbocycles. The van der Waals surface area contributed by atoms with E-state index in [2.05, 4.69) is 20.9 Å². The predicted molar refractivity (Wildman–Crippen MR) is 107 cm³/mol. The largest absolute Gasteiger partial charge is 0.338 e. The van der Waals surface area contributed by atoms with Gasteiger partial charge in [0.05, 0.1) is 11.4 Å². The van der Waals surface area contributed by atoms with Crippen LogP contribution in [0.5, 0.6) is 0 Å². The summed E-state index contributed by atoms with van der Waals surface area (Å²) >= 11 is 6.14. The van der Waals surface area contributed by atoms with Gasteiger partial charge in [-0.1, -0.05) is 29.8 Å². The Labute approximate surface area is 161 Å². The quantitative estimate of drug-likeness (QED) is 0.699. The van der Waals surface area contributed by atoms with Gasteiger partial charge in [-0.3, -0.25) is 9.36 Å². The van der Waals surface area contributed by atoms with Crippen LogP contribution >= 0.6 is 11.6 Å². The number of hydrogen-bond acceptors (Lipinski definition) is 5. The maximum Gasteiger partial charge on any atom is 0.255 e. The van der Waals surface area contributed by atoms with E-state index in [1.807, 2.05) is 24.3 Å². The molecule has 4 rings (SSSR count). The molecule has 0 saturated carbocycles. The number of nitrogens with zero attached hydrogens (tertiary/aromatic N) is 5. The third-order valence-corrected chi connectivity index (χ3v) is 4.82. The molecular formula is C20H18ClN5O. The van der Waals surface area contributed by atoms with Crippen LogP contribution in [0.2, 0.25) is 5.02 Å². The van der Waals surface area contributed by atoms with Crippen LogP contribution in [0.15, 0.2) is 59.8 Å². The minimum absolute atomic E-state index is 0.118. The SMILES string of the molecule is Cn1c(N2CCC=C(c3cccc(Cl)c3)C2)nc(-c2ccncn2)cc1=O. The van der Waals surface area contributed by atoms with Gasteiger partial charge in [-0.2, -0.15) is 0 Å². The van der Waals surface area contributed by atoms with Crippen LogP contribution in [0, 0.1) is 0 Å². The summed E-state index contributed by atoms with van der Waals surface area (Å²) < 4.78 is 1.58. The van der Waals surface area contributed by atoms with Gasteiger partial charge < -0.3 is 4.90 Å². The smallest absolute Gasteiger partial charge is 0.255 e. The Kier molecular flexibility index (Phi) is 4.73. The second kappa shape index (κ2) is 7.32. The van der Waals surface area contributed by atoms with E-state index in [0.717, 1.165) is 18.5 Å². The van der Waals surface area contributed by atoms with E-state index in [1.54, 1.807) is 23.9 Å². The summed E-state index contributed by atoms with van der Waals surface area (Å²) in [6.45, 7) is 1.45. The monoisotopic (exact) mass is 379 g/mol. The van der Waals surface area contributed by atoms with Crippen molar-refractivity contribution < 1.29 is 0 Å². The number of benzene rings is 1. The fourth-order valence-electron chi connectivity index (χ4n) is 3.20. The van der Waals surface area contributed by atoms with Crippen molar-refractivity contribution in [2.24, 2.45) is 7.05 Å². The van der Waals surface area contributed by atoms with E-state index in [1.165, 1.54) is 18.0 Å². The average Bonchev–Trinajstić information content (AvgIpc) is 2.71. The second-order valence-corrected chi connectivity index (χ2v) is 6.82. The van der Waals surface area contributed by atoms with Crippen molar-refractivity contribution in [2.45, 2.75) is 6.42 Å². The summed E-state index contributed by atoms with van der Waals surface area (Å²) in [6.07, 6.45) is 6.18. The van der Waals surface area contributed by atoms with Crippen LogP contribution in [0.3, 0.4) is 0 Å². The number of anilines is 1. The van der Waals surface area contributed by atoms with E-state index in [4.69, 9.17) is 16.6 Å². The fourth-order valence-corrected chi connectivity index (χ4v) is 3.39. The zero-order valence-electron chi connectivity index (χ0n) is 14.8. The van der Waals surface area contributed by atoms with Crippen molar-refractivity contribution in [3.8, 4) is 11.4 Å². The Bertz CT molecular complexity index is 1060. The highest BCUT2D eigenvalue weighted by Crippen LogP contribution is 2.26. The fraction of sp³-hybridized carbons (Fsp3) is 0.200. The van der Waals surface area contributed by atoms with Gasteiger partial charge in [-0.25, -0.2) is 15.0 Å². The molecule has 0 spiro atoms. The zero-order valence-corrected chi connectivity index (χ0v) is 15.6. The van der Waals surface area contributed by atoms with Crippen molar-refractivity contribution in [1.29, 1.82) is 0 Å². The maximum absolute atomic E-state index is 12.5. The number of rotatable bonds is 3. The highest BCUT2D eigenvalue weighted by Gasteiger charge is 2.19. The molecule has 0 unspecified atom stereocenters. The molecule has 136 valence electrons. The van der Waals surface area contributed by atoms with Crippen LogP contribution in [0.1, 0.15) is 12.0 Å². The Hall–Kier alpha value is -2.99. The highest BCUT2D eigenvalue weighted by molar-refractivity contribution is 6.30. The van der Waals surface area contributed by atoms with Gasteiger partial charge >= 0.3 is 0 Å². The normalized spacial score (nSPS) is 14.1. The Balaban J connectivity index is 1.70. The molecule has 3 heterocycles. The third-order valence-electron chi connectivity index (χ3n) is 4.58. The van der Waals surface area contributed by atoms with Crippen LogP contribution in [-0.4, -0.2) is 32.6 Å². The summed E-state index contributed by atoms with van der Waals surface area (Å²) in [5.74, 6) is 0.628. The minimum atomic E-state index is -0.118. The van der Waals surface area contributed by atoms with E-state index in [-0.39, 0.29) is 5.56 Å². The molecule has 0 amide bonds. The lowest BCUT2D eigenvalue weighted by Gasteiger charge is -2.30. The molecule has 27 heavy (non-hydrogen) atoms. The summed E-state index contributed by atoms with van der Waals surface area (Å²) in [5.41, 5.74) is 3.32. The molecule has 0 saturated heterocycles. The number of aromatic nitrogens is 4. The molecule has 1 aliphatic heterocycles. The molecule has 0 radical (unpaired) electrons. The van der Waals surface area contributed by atoms with Crippen LogP contribution < -0.4 is 10.5 Å². The first-order chi connectivity index (χ1) is 13.1. The van der Waals surface area contributed by atoms with Crippen molar-refractivity contribution in [3.63, 3.8) is 0 Å². The summed E-state index contributed by atoms with van der Waals surface area (Å²) in [4.78, 5) is 27.5. The van der Waals surface area contributed by atoms with Gasteiger partial charge in [0.2, 0.25) is 5.95 Å². The second-order valence-electron chi connectivity index (χ2n) is 6.38. The molecule has 2 aromatic heterocycles. The third kappa shape index (κ3) is 3.61. The lowest BCUT2D eigenvalue weighted by atomic mass is 10.0. The predicted octanol–water partition coefficient (Wildman–Crippen LogP) is 3.18. The maximum atomic E-state index is 12.5. The van der Waals surface area contributed by atoms with E-state index >= 15 is 0 Å². The Morgan fingerprint density at radius 1 is 1.15 bits per heavy atom. The Morgan fingerprint density at radius 3 is 2.81 bits per heavy atom. The van der Waals surface area contributed by atoms with Crippen LogP contribution in [-0.2, 0) is 7.05 Å². The molecule has 3 aromatic rings. The lowest BCUT2D eigenvalue weighted by Crippen LogP contribution is -2.35. The van der Waals surface area contributed by atoms with Crippen molar-refractivity contribution in [1.82, 2.24) is 19.5 Å². The number of halogens is 1. The van der Waals surface area contributed by atoms with Crippen molar-refractivity contribution >= 4 is 23.1 Å². The number of hydrogen-bond donors (Lipinski definition) is 0. The first-order valence-corrected chi connectivity index (χ1v) is 9.04. The van der Waals surface area contributed by atoms with E-state index in [0.29, 0.717) is 28.9 Å². The van der Waals surface area contributed by atoms with Crippen LogP contribution in [0.4, 0.5) is 5.95 Å². The summed E-state index contributed by atoms with van der Waals surface area (Å²) in [5, 5.41) is 0.710. The zero-order chi connectivity index (χ0) is 18.8.